The molecule has 0 saturated heterocycles. The number of benzene rings is 1. The van der Waals surface area contributed by atoms with Gasteiger partial charge in [0.25, 0.3) is 0 Å². The zero-order chi connectivity index (χ0) is 19.6. The Bertz CT molecular complexity index is 836. The molecule has 3 rings (SSSR count). The van der Waals surface area contributed by atoms with Gasteiger partial charge < -0.3 is 19.3 Å². The van der Waals surface area contributed by atoms with Gasteiger partial charge in [-0.2, -0.15) is 0 Å². The summed E-state index contributed by atoms with van der Waals surface area (Å²) < 4.78 is 11.4. The van der Waals surface area contributed by atoms with E-state index in [0.717, 1.165) is 22.7 Å². The molecular weight excluding hydrogens is 344 g/mol. The molecule has 7 nitrogen and oxygen atoms in total. The lowest BCUT2D eigenvalue weighted by Crippen LogP contribution is -2.45. The molecule has 1 aromatic carbocycles. The van der Waals surface area contributed by atoms with E-state index in [4.69, 9.17) is 9.47 Å². The molecule has 1 aromatic heterocycles. The highest BCUT2D eigenvalue weighted by molar-refractivity contribution is 5.91. The molecule has 27 heavy (non-hydrogen) atoms. The number of pyridine rings is 1. The lowest BCUT2D eigenvalue weighted by molar-refractivity contribution is 0.0833. The number of amides is 2. The lowest BCUT2D eigenvalue weighted by Gasteiger charge is -2.29. The fraction of sp³-hybridized carbons (Fsp3) is 0.400. The molecule has 0 spiro atoms. The van der Waals surface area contributed by atoms with Crippen LogP contribution in [0.2, 0.25) is 0 Å². The Kier molecular flexibility index (Phi) is 5.12. The number of nitrogens with one attached hydrogen (secondary N) is 1. The van der Waals surface area contributed by atoms with Gasteiger partial charge in [-0.15, -0.1) is 0 Å². The first-order valence-electron chi connectivity index (χ1n) is 8.83. The van der Waals surface area contributed by atoms with Gasteiger partial charge in [-0.25, -0.2) is 9.78 Å². The molecule has 2 aromatic rings. The van der Waals surface area contributed by atoms with Crippen LogP contribution in [0.15, 0.2) is 36.5 Å². The molecule has 0 saturated carbocycles. The summed E-state index contributed by atoms with van der Waals surface area (Å²) in [5, 5.41) is 2.93. The van der Waals surface area contributed by atoms with Crippen molar-refractivity contribution in [2.45, 2.75) is 26.0 Å². The predicted octanol–water partition coefficient (Wildman–Crippen LogP) is 3.36. The largest absolute Gasteiger partial charge is 0.497 e. The van der Waals surface area contributed by atoms with Gasteiger partial charge in [0.05, 0.1) is 25.9 Å². The number of anilines is 2. The highest BCUT2D eigenvalue weighted by Gasteiger charge is 2.32. The van der Waals surface area contributed by atoms with E-state index in [9.17, 15) is 4.79 Å². The third-order valence-corrected chi connectivity index (χ3v) is 4.37. The number of methoxy groups -OCH3 is 1. The van der Waals surface area contributed by atoms with Crippen molar-refractivity contribution in [3.63, 3.8) is 0 Å². The second-order valence-corrected chi connectivity index (χ2v) is 7.39. The van der Waals surface area contributed by atoms with Crippen LogP contribution in [0.25, 0.3) is 0 Å². The number of rotatable bonds is 3. The summed E-state index contributed by atoms with van der Waals surface area (Å²) in [4.78, 5) is 21.0. The van der Waals surface area contributed by atoms with Gasteiger partial charge in [0.1, 0.15) is 17.1 Å². The summed E-state index contributed by atoms with van der Waals surface area (Å²) in [5.41, 5.74) is 1.25. The summed E-state index contributed by atoms with van der Waals surface area (Å²) in [7, 11) is 5.46. The lowest BCUT2D eigenvalue weighted by atomic mass is 10.1. The van der Waals surface area contributed by atoms with Crippen molar-refractivity contribution in [3.05, 3.63) is 42.1 Å². The van der Waals surface area contributed by atoms with Crippen LogP contribution in [0, 0.1) is 0 Å². The van der Waals surface area contributed by atoms with Gasteiger partial charge in [-0.1, -0.05) is 0 Å². The topological polar surface area (TPSA) is 66.9 Å². The maximum absolute atomic E-state index is 13.0. The Balaban J connectivity index is 1.86. The fourth-order valence-electron chi connectivity index (χ4n) is 3.12. The number of carbonyl (C=O) groups is 1. The van der Waals surface area contributed by atoms with E-state index in [1.54, 1.807) is 18.2 Å². The number of urea groups is 1. The van der Waals surface area contributed by atoms with Crippen LogP contribution in [0.3, 0.4) is 0 Å². The highest BCUT2D eigenvalue weighted by Crippen LogP contribution is 2.33. The van der Waals surface area contributed by atoms with Crippen molar-refractivity contribution >= 4 is 17.5 Å². The SMILES string of the molecule is COc1ccc2c(c1)OC(C)(C)CN(C(=O)Nc1ncccc1N(C)C)C2. The molecule has 2 amide bonds. The third kappa shape index (κ3) is 4.24. The average Bonchev–Trinajstić information content (AvgIpc) is 2.75. The zero-order valence-corrected chi connectivity index (χ0v) is 16.4. The molecule has 0 fully saturated rings. The summed E-state index contributed by atoms with van der Waals surface area (Å²) >= 11 is 0. The molecule has 2 heterocycles. The van der Waals surface area contributed by atoms with E-state index >= 15 is 0 Å². The van der Waals surface area contributed by atoms with Crippen molar-refractivity contribution in [2.24, 2.45) is 0 Å². The number of hydrogen-bond donors (Lipinski definition) is 1. The normalized spacial score (nSPS) is 15.2. The first-order valence-corrected chi connectivity index (χ1v) is 8.83. The van der Waals surface area contributed by atoms with Gasteiger partial charge in [-0.3, -0.25) is 5.32 Å². The highest BCUT2D eigenvalue weighted by atomic mass is 16.5. The second kappa shape index (κ2) is 7.34. The van der Waals surface area contributed by atoms with Crippen molar-refractivity contribution in [2.75, 3.05) is 38.0 Å². The van der Waals surface area contributed by atoms with Gasteiger partial charge in [-0.05, 0) is 38.1 Å². The molecule has 0 unspecified atom stereocenters. The van der Waals surface area contributed by atoms with Gasteiger partial charge in [0, 0.05) is 31.9 Å². The second-order valence-electron chi connectivity index (χ2n) is 7.39. The van der Waals surface area contributed by atoms with Crippen molar-refractivity contribution in [3.8, 4) is 11.5 Å². The van der Waals surface area contributed by atoms with Crippen molar-refractivity contribution < 1.29 is 14.3 Å². The van der Waals surface area contributed by atoms with Crippen molar-refractivity contribution in [1.82, 2.24) is 9.88 Å². The average molecular weight is 370 g/mol. The molecule has 7 heteroatoms. The Morgan fingerprint density at radius 3 is 2.81 bits per heavy atom. The number of ether oxygens (including phenoxy) is 2. The molecule has 1 N–H and O–H groups in total. The quantitative estimate of drug-likeness (QED) is 0.897. The Morgan fingerprint density at radius 2 is 2.11 bits per heavy atom. The first kappa shape index (κ1) is 18.8. The minimum absolute atomic E-state index is 0.211. The molecular formula is C20H26N4O3. The van der Waals surface area contributed by atoms with E-state index in [1.165, 1.54) is 0 Å². The summed E-state index contributed by atoms with van der Waals surface area (Å²) in [6.45, 7) is 4.82. The van der Waals surface area contributed by atoms with Crippen LogP contribution in [0.4, 0.5) is 16.3 Å². The smallest absolute Gasteiger partial charge is 0.323 e. The van der Waals surface area contributed by atoms with Crippen LogP contribution in [-0.2, 0) is 6.54 Å². The molecule has 1 aliphatic heterocycles. The first-order chi connectivity index (χ1) is 12.8. The standard InChI is InChI=1S/C20H26N4O3/c1-20(2)13-24(12-14-8-9-15(26-5)11-17(14)27-20)19(25)22-18-16(23(3)4)7-6-10-21-18/h6-11H,12-13H2,1-5H3,(H,21,22,25). The summed E-state index contributed by atoms with van der Waals surface area (Å²) in [5.74, 6) is 2.00. The number of aromatic nitrogens is 1. The molecule has 0 aliphatic carbocycles. The van der Waals surface area contributed by atoms with E-state index in [2.05, 4.69) is 10.3 Å². The Morgan fingerprint density at radius 1 is 1.33 bits per heavy atom. The van der Waals surface area contributed by atoms with Gasteiger partial charge in [0.2, 0.25) is 0 Å². The maximum atomic E-state index is 13.0. The van der Waals surface area contributed by atoms with Gasteiger partial charge >= 0.3 is 6.03 Å². The van der Waals surface area contributed by atoms with Gasteiger partial charge in [0.15, 0.2) is 5.82 Å². The molecule has 0 radical (unpaired) electrons. The minimum atomic E-state index is -0.538. The van der Waals surface area contributed by atoms with Crippen molar-refractivity contribution in [1.29, 1.82) is 0 Å². The molecule has 1 aliphatic rings. The Hall–Kier alpha value is -2.96. The van der Waals surface area contributed by atoms with Crippen LogP contribution >= 0.6 is 0 Å². The minimum Gasteiger partial charge on any atom is -0.497 e. The van der Waals surface area contributed by atoms with E-state index < -0.39 is 5.60 Å². The predicted molar refractivity (Wildman–Crippen MR) is 106 cm³/mol. The monoisotopic (exact) mass is 370 g/mol. The van der Waals surface area contributed by atoms with Crippen LogP contribution in [-0.4, -0.2) is 49.3 Å². The zero-order valence-electron chi connectivity index (χ0n) is 16.4. The van der Waals surface area contributed by atoms with E-state index in [1.807, 2.05) is 63.2 Å². The Labute approximate surface area is 159 Å². The number of carbonyl (C=O) groups excluding carboxylic acids is 1. The molecule has 0 atom stereocenters. The molecule has 0 bridgehead atoms. The van der Waals surface area contributed by atoms with E-state index in [0.29, 0.717) is 18.9 Å². The van der Waals surface area contributed by atoms with Crippen LogP contribution in [0.1, 0.15) is 19.4 Å². The van der Waals surface area contributed by atoms with Crippen LogP contribution < -0.4 is 19.7 Å². The summed E-state index contributed by atoms with van der Waals surface area (Å²) in [6, 6.07) is 9.22. The number of hydrogen-bond acceptors (Lipinski definition) is 5. The number of fused-ring (bicyclic) bond motifs is 1. The molecule has 144 valence electrons. The maximum Gasteiger partial charge on any atom is 0.323 e. The number of nitrogens with zero attached hydrogens (tertiary/aromatic N) is 3. The third-order valence-electron chi connectivity index (χ3n) is 4.37. The fourth-order valence-corrected chi connectivity index (χ4v) is 3.12. The summed E-state index contributed by atoms with van der Waals surface area (Å²) in [6.07, 6.45) is 1.67. The van der Waals surface area contributed by atoms with Crippen LogP contribution in [0.5, 0.6) is 11.5 Å². The van der Waals surface area contributed by atoms with E-state index in [-0.39, 0.29) is 6.03 Å².